The van der Waals surface area contributed by atoms with Gasteiger partial charge in [-0.15, -0.1) is 0 Å². The van der Waals surface area contributed by atoms with E-state index >= 15 is 0 Å². The Hall–Kier alpha value is -2.46. The minimum atomic E-state index is -0.145. The van der Waals surface area contributed by atoms with Crippen LogP contribution < -0.4 is 0 Å². The normalized spacial score (nSPS) is 17.4. The Morgan fingerprint density at radius 2 is 1.92 bits per heavy atom. The van der Waals surface area contributed by atoms with Crippen molar-refractivity contribution in [3.63, 3.8) is 0 Å². The van der Waals surface area contributed by atoms with E-state index in [4.69, 9.17) is 0 Å². The Morgan fingerprint density at radius 3 is 2.72 bits per heavy atom. The SMILES string of the molecule is CC1c2cc(F)ccc2CCN1Cc1cccc(Cn2cccn2)c1. The van der Waals surface area contributed by atoms with Gasteiger partial charge in [0, 0.05) is 31.5 Å². The van der Waals surface area contributed by atoms with Gasteiger partial charge in [-0.2, -0.15) is 5.10 Å². The van der Waals surface area contributed by atoms with Gasteiger partial charge in [0.25, 0.3) is 0 Å². The smallest absolute Gasteiger partial charge is 0.123 e. The van der Waals surface area contributed by atoms with Crippen molar-refractivity contribution in [2.24, 2.45) is 0 Å². The summed E-state index contributed by atoms with van der Waals surface area (Å²) in [5.74, 6) is -0.145. The van der Waals surface area contributed by atoms with Crippen LogP contribution in [0.15, 0.2) is 60.9 Å². The molecule has 0 N–H and O–H groups in total. The van der Waals surface area contributed by atoms with Gasteiger partial charge in [0.2, 0.25) is 0 Å². The molecule has 1 aliphatic heterocycles. The van der Waals surface area contributed by atoms with E-state index in [1.54, 1.807) is 18.3 Å². The molecule has 4 rings (SSSR count). The van der Waals surface area contributed by atoms with Crippen LogP contribution in [0.1, 0.15) is 35.2 Å². The summed E-state index contributed by atoms with van der Waals surface area (Å²) in [5.41, 5.74) is 4.94. The standard InChI is InChI=1S/C21H22FN3/c1-16-21-13-20(22)7-6-19(21)8-11-24(16)14-17-4-2-5-18(12-17)15-25-10-3-9-23-25/h2-7,9-10,12-13,16H,8,11,14-15H2,1H3. The van der Waals surface area contributed by atoms with Crippen molar-refractivity contribution in [2.45, 2.75) is 32.5 Å². The third-order valence-electron chi connectivity index (χ3n) is 5.05. The lowest BCUT2D eigenvalue weighted by atomic mass is 9.93. The highest BCUT2D eigenvalue weighted by Gasteiger charge is 2.24. The lowest BCUT2D eigenvalue weighted by Gasteiger charge is -2.35. The molecule has 3 nitrogen and oxygen atoms in total. The summed E-state index contributed by atoms with van der Waals surface area (Å²) in [5, 5.41) is 4.27. The van der Waals surface area contributed by atoms with Gasteiger partial charge in [-0.25, -0.2) is 4.39 Å². The minimum absolute atomic E-state index is 0.145. The van der Waals surface area contributed by atoms with E-state index in [1.807, 2.05) is 23.0 Å². The quantitative estimate of drug-likeness (QED) is 0.713. The zero-order valence-corrected chi connectivity index (χ0v) is 14.4. The fourth-order valence-electron chi connectivity index (χ4n) is 3.69. The summed E-state index contributed by atoms with van der Waals surface area (Å²) in [6, 6.07) is 16.0. The lowest BCUT2D eigenvalue weighted by Crippen LogP contribution is -2.33. The number of benzene rings is 2. The molecule has 3 aromatic rings. The average Bonchev–Trinajstić information content (AvgIpc) is 3.11. The van der Waals surface area contributed by atoms with Gasteiger partial charge in [0.15, 0.2) is 0 Å². The maximum Gasteiger partial charge on any atom is 0.123 e. The van der Waals surface area contributed by atoms with E-state index in [2.05, 4.69) is 41.2 Å². The van der Waals surface area contributed by atoms with Crippen LogP contribution in [0.4, 0.5) is 4.39 Å². The van der Waals surface area contributed by atoms with E-state index < -0.39 is 0 Å². The van der Waals surface area contributed by atoms with Gasteiger partial charge in [-0.05, 0) is 53.8 Å². The monoisotopic (exact) mass is 335 g/mol. The molecule has 0 aliphatic carbocycles. The second kappa shape index (κ2) is 6.81. The molecule has 2 aromatic carbocycles. The predicted molar refractivity (Wildman–Crippen MR) is 96.7 cm³/mol. The van der Waals surface area contributed by atoms with E-state index in [9.17, 15) is 4.39 Å². The first kappa shape index (κ1) is 16.0. The first-order chi connectivity index (χ1) is 12.2. The Bertz CT molecular complexity index is 857. The number of fused-ring (bicyclic) bond motifs is 1. The molecule has 0 radical (unpaired) electrons. The van der Waals surface area contributed by atoms with Crippen LogP contribution in [0, 0.1) is 5.82 Å². The maximum atomic E-state index is 13.6. The minimum Gasteiger partial charge on any atom is -0.292 e. The van der Waals surface area contributed by atoms with Crippen molar-refractivity contribution in [2.75, 3.05) is 6.54 Å². The van der Waals surface area contributed by atoms with Crippen molar-refractivity contribution >= 4 is 0 Å². The van der Waals surface area contributed by atoms with E-state index in [0.29, 0.717) is 0 Å². The largest absolute Gasteiger partial charge is 0.292 e. The second-order valence-corrected chi connectivity index (χ2v) is 6.76. The molecule has 4 heteroatoms. The highest BCUT2D eigenvalue weighted by atomic mass is 19.1. The summed E-state index contributed by atoms with van der Waals surface area (Å²) in [7, 11) is 0. The molecule has 0 spiro atoms. The zero-order valence-electron chi connectivity index (χ0n) is 14.4. The Kier molecular flexibility index (Phi) is 4.36. The number of hydrogen-bond acceptors (Lipinski definition) is 2. The van der Waals surface area contributed by atoms with Gasteiger partial charge in [0.1, 0.15) is 5.82 Å². The van der Waals surface area contributed by atoms with Crippen LogP contribution in [0.5, 0.6) is 0 Å². The van der Waals surface area contributed by atoms with Gasteiger partial charge < -0.3 is 0 Å². The fourth-order valence-corrected chi connectivity index (χ4v) is 3.69. The van der Waals surface area contributed by atoms with Crippen molar-refractivity contribution in [1.82, 2.24) is 14.7 Å². The van der Waals surface area contributed by atoms with Crippen molar-refractivity contribution in [3.05, 3.63) is 89.0 Å². The average molecular weight is 335 g/mol. The molecule has 0 saturated carbocycles. The molecule has 2 heterocycles. The zero-order chi connectivity index (χ0) is 17.2. The summed E-state index contributed by atoms with van der Waals surface area (Å²) >= 11 is 0. The first-order valence-electron chi connectivity index (χ1n) is 8.77. The number of aromatic nitrogens is 2. The molecule has 0 amide bonds. The lowest BCUT2D eigenvalue weighted by molar-refractivity contribution is 0.189. The summed E-state index contributed by atoms with van der Waals surface area (Å²) in [6.07, 6.45) is 4.76. The topological polar surface area (TPSA) is 21.1 Å². The third-order valence-corrected chi connectivity index (χ3v) is 5.05. The van der Waals surface area contributed by atoms with Crippen molar-refractivity contribution in [1.29, 1.82) is 0 Å². The number of hydrogen-bond donors (Lipinski definition) is 0. The number of nitrogens with zero attached hydrogens (tertiary/aromatic N) is 3. The van der Waals surface area contributed by atoms with Crippen LogP contribution in [0.2, 0.25) is 0 Å². The van der Waals surface area contributed by atoms with Crippen LogP contribution in [-0.4, -0.2) is 21.2 Å². The first-order valence-corrected chi connectivity index (χ1v) is 8.77. The molecule has 0 fully saturated rings. The Balaban J connectivity index is 1.51. The molecule has 0 bridgehead atoms. The molecule has 128 valence electrons. The van der Waals surface area contributed by atoms with Crippen LogP contribution in [-0.2, 0) is 19.5 Å². The van der Waals surface area contributed by atoms with Crippen molar-refractivity contribution < 1.29 is 4.39 Å². The number of halogens is 1. The van der Waals surface area contributed by atoms with Gasteiger partial charge in [-0.3, -0.25) is 9.58 Å². The predicted octanol–water partition coefficient (Wildman–Crippen LogP) is 4.19. The molecular formula is C21H22FN3. The Morgan fingerprint density at radius 1 is 1.08 bits per heavy atom. The molecular weight excluding hydrogens is 313 g/mol. The third kappa shape index (κ3) is 3.49. The number of rotatable bonds is 4. The molecule has 25 heavy (non-hydrogen) atoms. The van der Waals surface area contributed by atoms with E-state index in [-0.39, 0.29) is 11.9 Å². The summed E-state index contributed by atoms with van der Waals surface area (Å²) in [4.78, 5) is 2.43. The maximum absolute atomic E-state index is 13.6. The van der Waals surface area contributed by atoms with Crippen LogP contribution in [0.25, 0.3) is 0 Å². The molecule has 1 aromatic heterocycles. The second-order valence-electron chi connectivity index (χ2n) is 6.76. The molecule has 1 unspecified atom stereocenters. The summed E-state index contributed by atoms with van der Waals surface area (Å²) < 4.78 is 15.6. The van der Waals surface area contributed by atoms with Gasteiger partial charge in [0.05, 0.1) is 6.54 Å². The van der Waals surface area contributed by atoms with E-state index in [0.717, 1.165) is 31.6 Å². The summed E-state index contributed by atoms with van der Waals surface area (Å²) in [6.45, 7) is 4.84. The molecule has 1 aliphatic rings. The Labute approximate surface area is 147 Å². The van der Waals surface area contributed by atoms with Crippen LogP contribution >= 0.6 is 0 Å². The van der Waals surface area contributed by atoms with Gasteiger partial charge in [-0.1, -0.05) is 30.3 Å². The van der Waals surface area contributed by atoms with E-state index in [1.165, 1.54) is 16.7 Å². The highest BCUT2D eigenvalue weighted by molar-refractivity contribution is 5.33. The van der Waals surface area contributed by atoms with Crippen molar-refractivity contribution in [3.8, 4) is 0 Å². The highest BCUT2D eigenvalue weighted by Crippen LogP contribution is 2.31. The molecule has 1 atom stereocenters. The molecule has 0 saturated heterocycles. The fraction of sp³-hybridized carbons (Fsp3) is 0.286. The van der Waals surface area contributed by atoms with Gasteiger partial charge >= 0.3 is 0 Å². The van der Waals surface area contributed by atoms with Crippen LogP contribution in [0.3, 0.4) is 0 Å².